The summed E-state index contributed by atoms with van der Waals surface area (Å²) < 4.78 is 17.8. The van der Waals surface area contributed by atoms with Crippen LogP contribution in [-0.4, -0.2) is 47.9 Å². The number of aliphatic hydroxyl groups is 1. The largest absolute Gasteiger partial charge is 0.491 e. The Morgan fingerprint density at radius 2 is 2.17 bits per heavy atom. The summed E-state index contributed by atoms with van der Waals surface area (Å²) in [6.07, 6.45) is 7.21. The number of carboxylic acids is 1. The van der Waals surface area contributed by atoms with E-state index in [1.54, 1.807) is 0 Å². The molecule has 1 aliphatic heterocycles. The van der Waals surface area contributed by atoms with E-state index in [0.29, 0.717) is 19.6 Å². The van der Waals surface area contributed by atoms with Crippen LogP contribution < -0.4 is 4.74 Å². The van der Waals surface area contributed by atoms with Gasteiger partial charge in [-0.3, -0.25) is 4.79 Å². The second kappa shape index (κ2) is 10.8. The average Bonchev–Trinajstić information content (AvgIpc) is 3.04. The van der Waals surface area contributed by atoms with Crippen molar-refractivity contribution in [3.63, 3.8) is 0 Å². The van der Waals surface area contributed by atoms with Crippen LogP contribution in [-0.2, 0) is 14.3 Å². The number of hydrogen-bond acceptors (Lipinski definition) is 5. The molecule has 29 heavy (non-hydrogen) atoms. The van der Waals surface area contributed by atoms with Gasteiger partial charge in [-0.2, -0.15) is 0 Å². The molecular weight excluding hydrogens is 372 g/mol. The van der Waals surface area contributed by atoms with Crippen molar-refractivity contribution in [1.29, 1.82) is 0 Å². The van der Waals surface area contributed by atoms with Crippen LogP contribution >= 0.6 is 0 Å². The number of allylic oxidation sites excluding steroid dienone is 1. The van der Waals surface area contributed by atoms with Gasteiger partial charge in [0, 0.05) is 12.5 Å². The molecule has 6 heteroatoms. The van der Waals surface area contributed by atoms with Gasteiger partial charge in [0.15, 0.2) is 6.29 Å². The fourth-order valence-electron chi connectivity index (χ4n) is 4.11. The third-order valence-corrected chi connectivity index (χ3v) is 5.69. The quantitative estimate of drug-likeness (QED) is 0.611. The number of aliphatic hydroxyl groups excluding tert-OH is 1. The zero-order valence-electron chi connectivity index (χ0n) is 17.0. The number of rotatable bonds is 9. The number of aryl methyl sites for hydroxylation is 1. The lowest BCUT2D eigenvalue weighted by Crippen LogP contribution is -2.30. The molecule has 5 unspecified atom stereocenters. The van der Waals surface area contributed by atoms with Crippen molar-refractivity contribution < 1.29 is 29.2 Å². The minimum absolute atomic E-state index is 0.0206. The topological polar surface area (TPSA) is 85.2 Å². The van der Waals surface area contributed by atoms with E-state index >= 15 is 0 Å². The molecule has 0 spiro atoms. The van der Waals surface area contributed by atoms with Gasteiger partial charge < -0.3 is 24.4 Å². The van der Waals surface area contributed by atoms with Gasteiger partial charge in [-0.05, 0) is 62.6 Å². The maximum absolute atomic E-state index is 11.1. The Labute approximate surface area is 172 Å². The molecular formula is C23H32O6. The van der Waals surface area contributed by atoms with Gasteiger partial charge in [-0.25, -0.2) is 0 Å². The first-order valence-corrected chi connectivity index (χ1v) is 10.6. The van der Waals surface area contributed by atoms with Crippen molar-refractivity contribution in [1.82, 2.24) is 0 Å². The van der Waals surface area contributed by atoms with Crippen molar-refractivity contribution in [3.05, 3.63) is 42.0 Å². The van der Waals surface area contributed by atoms with Crippen LogP contribution in [0.25, 0.3) is 0 Å². The van der Waals surface area contributed by atoms with Gasteiger partial charge in [0.05, 0.1) is 12.5 Å². The summed E-state index contributed by atoms with van der Waals surface area (Å²) in [6.45, 7) is 3.07. The normalized spacial score (nSPS) is 28.5. The number of ether oxygens (including phenoxy) is 3. The molecule has 1 saturated carbocycles. The standard InChI is InChI=1S/C23H32O6/c1-16-5-4-6-18(13-16)28-15-19(29-23-7-2-3-12-27-23)10-8-17-9-11-21(24)20(17)14-22(25)26/h4-6,8,10,13,17,19-21,23-24H,2-3,7,9,11-12,14-15H2,1H3,(H,25,26). The number of carboxylic acid groups (broad SMARTS) is 1. The predicted octanol–water partition coefficient (Wildman–Crippen LogP) is 3.70. The van der Waals surface area contributed by atoms with Gasteiger partial charge in [-0.1, -0.05) is 24.3 Å². The minimum atomic E-state index is -0.875. The van der Waals surface area contributed by atoms with Crippen LogP contribution in [0.15, 0.2) is 36.4 Å². The molecule has 6 nitrogen and oxygen atoms in total. The Balaban J connectivity index is 1.64. The Hall–Kier alpha value is -1.89. The molecule has 0 amide bonds. The van der Waals surface area contributed by atoms with Crippen molar-refractivity contribution in [2.45, 2.75) is 63.9 Å². The molecule has 2 fully saturated rings. The fraction of sp³-hybridized carbons (Fsp3) is 0.609. The zero-order valence-corrected chi connectivity index (χ0v) is 17.0. The van der Waals surface area contributed by atoms with E-state index in [1.807, 2.05) is 43.3 Å². The highest BCUT2D eigenvalue weighted by Gasteiger charge is 2.35. The lowest BCUT2D eigenvalue weighted by Gasteiger charge is -2.27. The van der Waals surface area contributed by atoms with E-state index in [1.165, 1.54) is 0 Å². The molecule has 0 radical (unpaired) electrons. The summed E-state index contributed by atoms with van der Waals surface area (Å²) in [6, 6.07) is 7.87. The summed E-state index contributed by atoms with van der Waals surface area (Å²) in [5.74, 6) is -0.316. The third kappa shape index (κ3) is 6.84. The van der Waals surface area contributed by atoms with Crippen LogP contribution in [0.5, 0.6) is 5.75 Å². The monoisotopic (exact) mass is 404 g/mol. The summed E-state index contributed by atoms with van der Waals surface area (Å²) >= 11 is 0. The maximum Gasteiger partial charge on any atom is 0.303 e. The molecule has 1 aliphatic carbocycles. The second-order valence-electron chi connectivity index (χ2n) is 8.05. The van der Waals surface area contributed by atoms with E-state index in [2.05, 4.69) is 0 Å². The first kappa shape index (κ1) is 21.8. The molecule has 2 N–H and O–H groups in total. The van der Waals surface area contributed by atoms with E-state index in [4.69, 9.17) is 19.3 Å². The molecule has 160 valence electrons. The number of benzene rings is 1. The van der Waals surface area contributed by atoms with Crippen LogP contribution in [0.3, 0.4) is 0 Å². The Morgan fingerprint density at radius 3 is 2.90 bits per heavy atom. The van der Waals surface area contributed by atoms with Gasteiger partial charge in [0.1, 0.15) is 18.5 Å². The van der Waals surface area contributed by atoms with E-state index < -0.39 is 12.1 Å². The van der Waals surface area contributed by atoms with Gasteiger partial charge in [0.2, 0.25) is 0 Å². The smallest absolute Gasteiger partial charge is 0.303 e. The van der Waals surface area contributed by atoms with Gasteiger partial charge in [-0.15, -0.1) is 0 Å². The Bertz CT molecular complexity index is 682. The highest BCUT2D eigenvalue weighted by atomic mass is 16.7. The first-order chi connectivity index (χ1) is 14.0. The molecule has 1 aromatic rings. The average molecular weight is 405 g/mol. The second-order valence-corrected chi connectivity index (χ2v) is 8.05. The number of carbonyl (C=O) groups is 1. The molecule has 5 atom stereocenters. The van der Waals surface area contributed by atoms with Crippen LogP contribution in [0, 0.1) is 18.8 Å². The summed E-state index contributed by atoms with van der Waals surface area (Å²) in [5, 5.41) is 19.3. The predicted molar refractivity (Wildman–Crippen MR) is 109 cm³/mol. The molecule has 1 saturated heterocycles. The fourth-order valence-corrected chi connectivity index (χ4v) is 4.11. The lowest BCUT2D eigenvalue weighted by molar-refractivity contribution is -0.182. The third-order valence-electron chi connectivity index (χ3n) is 5.69. The van der Waals surface area contributed by atoms with E-state index in [-0.39, 0.29) is 30.7 Å². The van der Waals surface area contributed by atoms with Gasteiger partial charge in [0.25, 0.3) is 0 Å². The van der Waals surface area contributed by atoms with Crippen molar-refractivity contribution in [3.8, 4) is 5.75 Å². The summed E-state index contributed by atoms with van der Waals surface area (Å²) in [5.41, 5.74) is 1.13. The maximum atomic E-state index is 11.1. The number of hydrogen-bond donors (Lipinski definition) is 2. The molecule has 0 aromatic heterocycles. The van der Waals surface area contributed by atoms with Crippen LogP contribution in [0.2, 0.25) is 0 Å². The van der Waals surface area contributed by atoms with Crippen molar-refractivity contribution >= 4 is 5.97 Å². The summed E-state index contributed by atoms with van der Waals surface area (Å²) in [4.78, 5) is 11.1. The SMILES string of the molecule is Cc1cccc(OCC(C=CC2CCC(O)C2CC(=O)O)OC2CCCCO2)c1. The zero-order chi connectivity index (χ0) is 20.6. The highest BCUT2D eigenvalue weighted by Crippen LogP contribution is 2.35. The molecule has 0 bridgehead atoms. The van der Waals surface area contributed by atoms with E-state index in [9.17, 15) is 9.90 Å². The minimum Gasteiger partial charge on any atom is -0.491 e. The lowest BCUT2D eigenvalue weighted by atomic mass is 9.91. The Kier molecular flexibility index (Phi) is 8.09. The van der Waals surface area contributed by atoms with Crippen LogP contribution in [0.4, 0.5) is 0 Å². The Morgan fingerprint density at radius 1 is 1.31 bits per heavy atom. The van der Waals surface area contributed by atoms with E-state index in [0.717, 1.165) is 37.0 Å². The molecule has 1 aromatic carbocycles. The highest BCUT2D eigenvalue weighted by molar-refractivity contribution is 5.67. The van der Waals surface area contributed by atoms with Crippen molar-refractivity contribution in [2.24, 2.45) is 11.8 Å². The van der Waals surface area contributed by atoms with Crippen LogP contribution in [0.1, 0.15) is 44.1 Å². The molecule has 1 heterocycles. The molecule has 3 rings (SSSR count). The summed E-state index contributed by atoms with van der Waals surface area (Å²) in [7, 11) is 0. The van der Waals surface area contributed by atoms with Gasteiger partial charge >= 0.3 is 5.97 Å². The molecule has 2 aliphatic rings. The van der Waals surface area contributed by atoms with Crippen molar-refractivity contribution in [2.75, 3.05) is 13.2 Å². The number of aliphatic carboxylic acids is 1. The first-order valence-electron chi connectivity index (χ1n) is 10.6.